The SMILES string of the molecule is CC(C)(C)NC(=O)CNC(=O)c1ccc2cn[nH]c2c1. The van der Waals surface area contributed by atoms with Crippen LogP contribution in [0.15, 0.2) is 24.4 Å². The lowest BCUT2D eigenvalue weighted by Crippen LogP contribution is -2.45. The van der Waals surface area contributed by atoms with Gasteiger partial charge in [-0.3, -0.25) is 14.7 Å². The summed E-state index contributed by atoms with van der Waals surface area (Å²) in [5.74, 6) is -0.501. The topological polar surface area (TPSA) is 86.9 Å². The molecule has 0 aliphatic rings. The third-order valence-corrected chi connectivity index (χ3v) is 2.63. The average molecular weight is 274 g/mol. The number of nitrogens with one attached hydrogen (secondary N) is 3. The normalized spacial score (nSPS) is 11.3. The number of hydrogen-bond acceptors (Lipinski definition) is 3. The third-order valence-electron chi connectivity index (χ3n) is 2.63. The summed E-state index contributed by atoms with van der Waals surface area (Å²) in [5, 5.41) is 13.0. The number of H-pyrrole nitrogens is 1. The molecule has 6 nitrogen and oxygen atoms in total. The van der Waals surface area contributed by atoms with Gasteiger partial charge in [0.15, 0.2) is 0 Å². The molecule has 1 aromatic carbocycles. The van der Waals surface area contributed by atoms with E-state index in [0.717, 1.165) is 10.9 Å². The lowest BCUT2D eigenvalue weighted by atomic mass is 10.1. The van der Waals surface area contributed by atoms with Crippen LogP contribution in [0.2, 0.25) is 0 Å². The van der Waals surface area contributed by atoms with Crippen LogP contribution in [-0.4, -0.2) is 34.1 Å². The second-order valence-electron chi connectivity index (χ2n) is 5.65. The third kappa shape index (κ3) is 3.57. The van der Waals surface area contributed by atoms with Gasteiger partial charge < -0.3 is 10.6 Å². The van der Waals surface area contributed by atoms with E-state index in [1.54, 1.807) is 18.3 Å². The number of hydrogen-bond donors (Lipinski definition) is 3. The Bertz CT molecular complexity index is 640. The molecule has 0 fully saturated rings. The minimum atomic E-state index is -0.309. The van der Waals surface area contributed by atoms with E-state index < -0.39 is 0 Å². The number of benzene rings is 1. The molecule has 1 heterocycles. The molecule has 0 aliphatic carbocycles. The highest BCUT2D eigenvalue weighted by atomic mass is 16.2. The first-order valence-electron chi connectivity index (χ1n) is 6.37. The average Bonchev–Trinajstić information content (AvgIpc) is 2.80. The molecule has 0 bridgehead atoms. The second-order valence-corrected chi connectivity index (χ2v) is 5.65. The minimum Gasteiger partial charge on any atom is -0.350 e. The van der Waals surface area contributed by atoms with E-state index in [1.807, 2.05) is 26.8 Å². The Morgan fingerprint density at radius 1 is 1.30 bits per heavy atom. The fraction of sp³-hybridized carbons (Fsp3) is 0.357. The quantitative estimate of drug-likeness (QED) is 0.786. The van der Waals surface area contributed by atoms with Gasteiger partial charge in [0.25, 0.3) is 5.91 Å². The smallest absolute Gasteiger partial charge is 0.251 e. The summed E-state index contributed by atoms with van der Waals surface area (Å²) in [6.45, 7) is 5.62. The molecule has 2 amide bonds. The highest BCUT2D eigenvalue weighted by Crippen LogP contribution is 2.12. The zero-order valence-electron chi connectivity index (χ0n) is 11.8. The van der Waals surface area contributed by atoms with Crippen LogP contribution in [0, 0.1) is 0 Å². The molecule has 0 unspecified atom stereocenters. The van der Waals surface area contributed by atoms with Crippen LogP contribution in [0.4, 0.5) is 0 Å². The highest BCUT2D eigenvalue weighted by Gasteiger charge is 2.14. The molecule has 2 aromatic rings. The number of nitrogens with zero attached hydrogens (tertiary/aromatic N) is 1. The molecule has 106 valence electrons. The largest absolute Gasteiger partial charge is 0.350 e. The van der Waals surface area contributed by atoms with Gasteiger partial charge in [-0.05, 0) is 32.9 Å². The standard InChI is InChI=1S/C14H18N4O2/c1-14(2,3)17-12(19)8-15-13(20)9-4-5-10-7-16-18-11(10)6-9/h4-7H,8H2,1-3H3,(H,15,20)(H,16,18)(H,17,19). The fourth-order valence-corrected chi connectivity index (χ4v) is 1.80. The number of aromatic nitrogens is 2. The van der Waals surface area contributed by atoms with Gasteiger partial charge in [0.2, 0.25) is 5.91 Å². The Hall–Kier alpha value is -2.37. The van der Waals surface area contributed by atoms with Crippen molar-refractivity contribution in [3.63, 3.8) is 0 Å². The molecule has 0 aliphatic heterocycles. The predicted molar refractivity (Wildman–Crippen MR) is 76.3 cm³/mol. The molecule has 20 heavy (non-hydrogen) atoms. The maximum Gasteiger partial charge on any atom is 0.251 e. The fourth-order valence-electron chi connectivity index (χ4n) is 1.80. The lowest BCUT2D eigenvalue weighted by molar-refractivity contribution is -0.121. The summed E-state index contributed by atoms with van der Waals surface area (Å²) in [5.41, 5.74) is 0.971. The van der Waals surface area contributed by atoms with E-state index in [4.69, 9.17) is 0 Å². The van der Waals surface area contributed by atoms with Crippen LogP contribution in [0.5, 0.6) is 0 Å². The molecule has 6 heteroatoms. The van der Waals surface area contributed by atoms with E-state index in [-0.39, 0.29) is 23.9 Å². The Morgan fingerprint density at radius 2 is 2.05 bits per heavy atom. The molecule has 1 aromatic heterocycles. The number of fused-ring (bicyclic) bond motifs is 1. The maximum absolute atomic E-state index is 12.0. The van der Waals surface area contributed by atoms with Crippen LogP contribution >= 0.6 is 0 Å². The first-order chi connectivity index (χ1) is 9.35. The van der Waals surface area contributed by atoms with Gasteiger partial charge in [-0.15, -0.1) is 0 Å². The summed E-state index contributed by atoms with van der Waals surface area (Å²) < 4.78 is 0. The van der Waals surface area contributed by atoms with Gasteiger partial charge in [0, 0.05) is 16.5 Å². The van der Waals surface area contributed by atoms with E-state index in [0.29, 0.717) is 5.56 Å². The summed E-state index contributed by atoms with van der Waals surface area (Å²) in [6, 6.07) is 5.22. The molecule has 0 spiro atoms. The van der Waals surface area contributed by atoms with E-state index in [9.17, 15) is 9.59 Å². The van der Waals surface area contributed by atoms with E-state index >= 15 is 0 Å². The van der Waals surface area contributed by atoms with Crippen molar-refractivity contribution >= 4 is 22.7 Å². The Kier molecular flexibility index (Phi) is 3.74. The van der Waals surface area contributed by atoms with Crippen molar-refractivity contribution in [3.05, 3.63) is 30.0 Å². The maximum atomic E-state index is 12.0. The highest BCUT2D eigenvalue weighted by molar-refractivity contribution is 5.99. The molecule has 0 atom stereocenters. The summed E-state index contributed by atoms with van der Waals surface area (Å²) >= 11 is 0. The number of rotatable bonds is 3. The zero-order valence-corrected chi connectivity index (χ0v) is 11.8. The van der Waals surface area contributed by atoms with Gasteiger partial charge in [-0.1, -0.05) is 6.07 Å². The van der Waals surface area contributed by atoms with Gasteiger partial charge >= 0.3 is 0 Å². The number of amides is 2. The van der Waals surface area contributed by atoms with Gasteiger partial charge in [-0.25, -0.2) is 0 Å². The van der Waals surface area contributed by atoms with Crippen molar-refractivity contribution in [3.8, 4) is 0 Å². The summed E-state index contributed by atoms with van der Waals surface area (Å²) in [7, 11) is 0. The lowest BCUT2D eigenvalue weighted by Gasteiger charge is -2.20. The van der Waals surface area contributed by atoms with Crippen LogP contribution in [0.25, 0.3) is 10.9 Å². The minimum absolute atomic E-state index is 0.0445. The van der Waals surface area contributed by atoms with Crippen molar-refractivity contribution in [1.82, 2.24) is 20.8 Å². The second kappa shape index (κ2) is 5.32. The summed E-state index contributed by atoms with van der Waals surface area (Å²) in [6.07, 6.45) is 1.69. The molecular weight excluding hydrogens is 256 g/mol. The molecule has 3 N–H and O–H groups in total. The van der Waals surface area contributed by atoms with Crippen LogP contribution in [0.3, 0.4) is 0 Å². The van der Waals surface area contributed by atoms with Crippen LogP contribution < -0.4 is 10.6 Å². The van der Waals surface area contributed by atoms with Gasteiger partial charge in [-0.2, -0.15) is 5.10 Å². The summed E-state index contributed by atoms with van der Waals surface area (Å²) in [4.78, 5) is 23.6. The number of carbonyl (C=O) groups is 2. The van der Waals surface area contributed by atoms with Crippen molar-refractivity contribution in [2.24, 2.45) is 0 Å². The van der Waals surface area contributed by atoms with Gasteiger partial charge in [0.05, 0.1) is 18.3 Å². The van der Waals surface area contributed by atoms with Gasteiger partial charge in [0.1, 0.15) is 0 Å². The molecule has 0 saturated heterocycles. The van der Waals surface area contributed by atoms with E-state index in [2.05, 4.69) is 20.8 Å². The van der Waals surface area contributed by atoms with Crippen LogP contribution in [-0.2, 0) is 4.79 Å². The molecule has 0 saturated carbocycles. The van der Waals surface area contributed by atoms with Crippen molar-refractivity contribution in [2.45, 2.75) is 26.3 Å². The monoisotopic (exact) mass is 274 g/mol. The molecule has 2 rings (SSSR count). The number of carbonyl (C=O) groups excluding carboxylic acids is 2. The Morgan fingerprint density at radius 3 is 2.75 bits per heavy atom. The first-order valence-corrected chi connectivity index (χ1v) is 6.37. The predicted octanol–water partition coefficient (Wildman–Crippen LogP) is 1.21. The van der Waals surface area contributed by atoms with Crippen molar-refractivity contribution < 1.29 is 9.59 Å². The van der Waals surface area contributed by atoms with Crippen LogP contribution in [0.1, 0.15) is 31.1 Å². The first kappa shape index (κ1) is 14.0. The zero-order chi connectivity index (χ0) is 14.8. The van der Waals surface area contributed by atoms with Crippen molar-refractivity contribution in [1.29, 1.82) is 0 Å². The Labute approximate surface area is 116 Å². The van der Waals surface area contributed by atoms with Crippen molar-refractivity contribution in [2.75, 3.05) is 6.54 Å². The Balaban J connectivity index is 1.96. The molecule has 0 radical (unpaired) electrons. The number of aromatic amines is 1. The van der Waals surface area contributed by atoms with E-state index in [1.165, 1.54) is 0 Å². The molecular formula is C14H18N4O2.